The molecule has 3 aromatic rings. The summed E-state index contributed by atoms with van der Waals surface area (Å²) in [6.07, 6.45) is 0. The molecule has 4 heteroatoms. The second-order valence-corrected chi connectivity index (χ2v) is 7.53. The number of hydrogen-bond donors (Lipinski definition) is 0. The molecule has 0 amide bonds. The molecule has 4 rings (SSSR count). The van der Waals surface area contributed by atoms with E-state index in [-0.39, 0.29) is 0 Å². The van der Waals surface area contributed by atoms with Crippen molar-refractivity contribution in [2.24, 2.45) is 0 Å². The van der Waals surface area contributed by atoms with Crippen LogP contribution in [0.4, 0.5) is 5.69 Å². The SMILES string of the molecule is Cc1ccc(N2CCN(Cc3nc(-c4ccccc4)cs3)CC2)cc1. The minimum absolute atomic E-state index is 0.958. The van der Waals surface area contributed by atoms with Gasteiger partial charge >= 0.3 is 0 Å². The quantitative estimate of drug-likeness (QED) is 0.694. The zero-order valence-electron chi connectivity index (χ0n) is 14.6. The van der Waals surface area contributed by atoms with E-state index in [4.69, 9.17) is 4.98 Å². The Bertz CT molecular complexity index is 803. The molecule has 2 heterocycles. The molecule has 1 fully saturated rings. The maximum absolute atomic E-state index is 4.82. The van der Waals surface area contributed by atoms with E-state index in [1.807, 2.05) is 6.07 Å². The number of thiazole rings is 1. The Labute approximate surface area is 153 Å². The van der Waals surface area contributed by atoms with Crippen molar-refractivity contribution < 1.29 is 0 Å². The molecule has 0 spiro atoms. The minimum atomic E-state index is 0.958. The molecule has 25 heavy (non-hydrogen) atoms. The Kier molecular flexibility index (Phi) is 4.81. The first kappa shape index (κ1) is 16.3. The molecule has 0 saturated carbocycles. The summed E-state index contributed by atoms with van der Waals surface area (Å²) in [4.78, 5) is 9.82. The zero-order chi connectivity index (χ0) is 17.1. The van der Waals surface area contributed by atoms with Crippen LogP contribution in [0.15, 0.2) is 60.0 Å². The van der Waals surface area contributed by atoms with Gasteiger partial charge in [0, 0.05) is 42.8 Å². The lowest BCUT2D eigenvalue weighted by Crippen LogP contribution is -2.45. The monoisotopic (exact) mass is 349 g/mol. The van der Waals surface area contributed by atoms with Crippen molar-refractivity contribution in [3.8, 4) is 11.3 Å². The molecule has 0 N–H and O–H groups in total. The van der Waals surface area contributed by atoms with E-state index in [1.54, 1.807) is 11.3 Å². The van der Waals surface area contributed by atoms with Gasteiger partial charge < -0.3 is 4.90 Å². The summed E-state index contributed by atoms with van der Waals surface area (Å²) in [5, 5.41) is 3.38. The van der Waals surface area contributed by atoms with Crippen LogP contribution < -0.4 is 4.90 Å². The van der Waals surface area contributed by atoms with E-state index in [2.05, 4.69) is 70.6 Å². The summed E-state index contributed by atoms with van der Waals surface area (Å²) >= 11 is 1.77. The van der Waals surface area contributed by atoms with Gasteiger partial charge in [-0.2, -0.15) is 0 Å². The molecule has 128 valence electrons. The smallest absolute Gasteiger partial charge is 0.107 e. The highest BCUT2D eigenvalue weighted by Crippen LogP contribution is 2.23. The summed E-state index contributed by atoms with van der Waals surface area (Å²) in [6, 6.07) is 19.3. The summed E-state index contributed by atoms with van der Waals surface area (Å²) in [7, 11) is 0. The molecule has 1 aliphatic rings. The minimum Gasteiger partial charge on any atom is -0.369 e. The Morgan fingerprint density at radius 2 is 1.64 bits per heavy atom. The van der Waals surface area contributed by atoms with Crippen molar-refractivity contribution in [3.05, 3.63) is 70.5 Å². The topological polar surface area (TPSA) is 19.4 Å². The van der Waals surface area contributed by atoms with E-state index >= 15 is 0 Å². The van der Waals surface area contributed by atoms with E-state index in [1.165, 1.54) is 21.8 Å². The predicted octanol–water partition coefficient (Wildman–Crippen LogP) is 4.44. The van der Waals surface area contributed by atoms with Crippen LogP contribution in [-0.2, 0) is 6.54 Å². The zero-order valence-corrected chi connectivity index (χ0v) is 15.4. The number of benzene rings is 2. The number of aromatic nitrogens is 1. The van der Waals surface area contributed by atoms with Crippen molar-refractivity contribution in [2.45, 2.75) is 13.5 Å². The first-order valence-corrected chi connectivity index (χ1v) is 9.70. The predicted molar refractivity (Wildman–Crippen MR) is 106 cm³/mol. The van der Waals surface area contributed by atoms with Gasteiger partial charge in [-0.1, -0.05) is 48.0 Å². The third-order valence-corrected chi connectivity index (χ3v) is 5.59. The number of aryl methyl sites for hydroxylation is 1. The Morgan fingerprint density at radius 3 is 2.36 bits per heavy atom. The van der Waals surface area contributed by atoms with Crippen molar-refractivity contribution in [2.75, 3.05) is 31.1 Å². The number of anilines is 1. The summed E-state index contributed by atoms with van der Waals surface area (Å²) in [6.45, 7) is 7.45. The largest absolute Gasteiger partial charge is 0.369 e. The third kappa shape index (κ3) is 3.91. The molecular formula is C21H23N3S. The fraction of sp³-hybridized carbons (Fsp3) is 0.286. The molecule has 1 aliphatic heterocycles. The fourth-order valence-electron chi connectivity index (χ4n) is 3.24. The van der Waals surface area contributed by atoms with Crippen LogP contribution in [-0.4, -0.2) is 36.1 Å². The van der Waals surface area contributed by atoms with Crippen molar-refractivity contribution in [1.82, 2.24) is 9.88 Å². The van der Waals surface area contributed by atoms with Crippen LogP contribution >= 0.6 is 11.3 Å². The van der Waals surface area contributed by atoms with Crippen LogP contribution in [0.5, 0.6) is 0 Å². The highest BCUT2D eigenvalue weighted by atomic mass is 32.1. The highest BCUT2D eigenvalue weighted by molar-refractivity contribution is 7.09. The van der Waals surface area contributed by atoms with Gasteiger partial charge in [-0.15, -0.1) is 11.3 Å². The molecule has 0 bridgehead atoms. The second kappa shape index (κ2) is 7.38. The Balaban J connectivity index is 1.34. The van der Waals surface area contributed by atoms with Gasteiger partial charge in [0.2, 0.25) is 0 Å². The molecule has 1 saturated heterocycles. The standard InChI is InChI=1S/C21H23N3S/c1-17-7-9-19(10-8-17)24-13-11-23(12-14-24)15-21-22-20(16-25-21)18-5-3-2-4-6-18/h2-10,16H,11-15H2,1H3. The lowest BCUT2D eigenvalue weighted by molar-refractivity contribution is 0.249. The lowest BCUT2D eigenvalue weighted by Gasteiger charge is -2.35. The van der Waals surface area contributed by atoms with Crippen LogP contribution in [0.3, 0.4) is 0 Å². The van der Waals surface area contributed by atoms with Crippen molar-refractivity contribution in [1.29, 1.82) is 0 Å². The first-order valence-electron chi connectivity index (χ1n) is 8.82. The van der Waals surface area contributed by atoms with Gasteiger partial charge in [-0.05, 0) is 19.1 Å². The van der Waals surface area contributed by atoms with Gasteiger partial charge in [0.1, 0.15) is 5.01 Å². The van der Waals surface area contributed by atoms with Crippen LogP contribution in [0.25, 0.3) is 11.3 Å². The second-order valence-electron chi connectivity index (χ2n) is 6.59. The van der Waals surface area contributed by atoms with E-state index in [9.17, 15) is 0 Å². The average molecular weight is 350 g/mol. The van der Waals surface area contributed by atoms with Crippen LogP contribution in [0, 0.1) is 6.92 Å². The van der Waals surface area contributed by atoms with Gasteiger partial charge in [0.25, 0.3) is 0 Å². The van der Waals surface area contributed by atoms with Gasteiger partial charge in [-0.3, -0.25) is 4.90 Å². The summed E-state index contributed by atoms with van der Waals surface area (Å²) in [5.74, 6) is 0. The van der Waals surface area contributed by atoms with Gasteiger partial charge in [-0.25, -0.2) is 4.98 Å². The third-order valence-electron chi connectivity index (χ3n) is 4.75. The Morgan fingerprint density at radius 1 is 0.920 bits per heavy atom. The van der Waals surface area contributed by atoms with E-state index in [0.717, 1.165) is 38.4 Å². The first-order chi connectivity index (χ1) is 12.3. The molecule has 2 aromatic carbocycles. The molecule has 0 unspecified atom stereocenters. The molecule has 3 nitrogen and oxygen atoms in total. The van der Waals surface area contributed by atoms with Crippen molar-refractivity contribution >= 4 is 17.0 Å². The molecule has 0 aliphatic carbocycles. The van der Waals surface area contributed by atoms with Crippen LogP contribution in [0.1, 0.15) is 10.6 Å². The fourth-order valence-corrected chi connectivity index (χ4v) is 4.08. The number of hydrogen-bond acceptors (Lipinski definition) is 4. The van der Waals surface area contributed by atoms with E-state index in [0.29, 0.717) is 0 Å². The summed E-state index contributed by atoms with van der Waals surface area (Å²) in [5.41, 5.74) is 4.96. The average Bonchev–Trinajstić information content (AvgIpc) is 3.12. The van der Waals surface area contributed by atoms with E-state index < -0.39 is 0 Å². The highest BCUT2D eigenvalue weighted by Gasteiger charge is 2.18. The molecule has 1 aromatic heterocycles. The Hall–Kier alpha value is -2.17. The lowest BCUT2D eigenvalue weighted by atomic mass is 10.2. The van der Waals surface area contributed by atoms with Crippen molar-refractivity contribution in [3.63, 3.8) is 0 Å². The molecular weight excluding hydrogens is 326 g/mol. The number of rotatable bonds is 4. The number of piperazine rings is 1. The maximum atomic E-state index is 4.82. The maximum Gasteiger partial charge on any atom is 0.107 e. The number of nitrogens with zero attached hydrogens (tertiary/aromatic N) is 3. The van der Waals surface area contributed by atoms with Crippen LogP contribution in [0.2, 0.25) is 0 Å². The van der Waals surface area contributed by atoms with Gasteiger partial charge in [0.05, 0.1) is 12.2 Å². The normalized spacial score (nSPS) is 15.5. The van der Waals surface area contributed by atoms with Gasteiger partial charge in [0.15, 0.2) is 0 Å². The molecule has 0 atom stereocenters. The molecule has 0 radical (unpaired) electrons. The summed E-state index contributed by atoms with van der Waals surface area (Å²) < 4.78 is 0.